The number of aliphatic carboxylic acids is 1. The highest BCUT2D eigenvalue weighted by molar-refractivity contribution is 6.09. The Hall–Kier alpha value is -3.48. The van der Waals surface area contributed by atoms with E-state index >= 15 is 0 Å². The number of aromatic nitrogens is 1. The van der Waals surface area contributed by atoms with Crippen LogP contribution in [-0.4, -0.2) is 39.5 Å². The van der Waals surface area contributed by atoms with E-state index in [2.05, 4.69) is 4.98 Å². The number of pyridine rings is 1. The van der Waals surface area contributed by atoms with Crippen LogP contribution in [0.4, 0.5) is 4.79 Å². The summed E-state index contributed by atoms with van der Waals surface area (Å²) in [5.41, 5.74) is 2.55. The SMILES string of the molecule is O=C(O)CCCN1C(=O)O/C(=C\c2cccc(-c3cccnc3)c2)C1=O. The van der Waals surface area contributed by atoms with Crippen molar-refractivity contribution in [3.05, 3.63) is 60.1 Å². The molecule has 7 heteroatoms. The molecule has 1 aromatic heterocycles. The van der Waals surface area contributed by atoms with Crippen LogP contribution in [0.15, 0.2) is 54.6 Å². The summed E-state index contributed by atoms with van der Waals surface area (Å²) >= 11 is 0. The highest BCUT2D eigenvalue weighted by Gasteiger charge is 2.36. The van der Waals surface area contributed by atoms with E-state index in [1.165, 1.54) is 6.08 Å². The van der Waals surface area contributed by atoms with E-state index in [4.69, 9.17) is 9.84 Å². The van der Waals surface area contributed by atoms with Crippen molar-refractivity contribution in [2.45, 2.75) is 12.8 Å². The molecular weight excluding hydrogens is 336 g/mol. The van der Waals surface area contributed by atoms with Gasteiger partial charge in [-0.15, -0.1) is 0 Å². The fourth-order valence-corrected chi connectivity index (χ4v) is 2.57. The fraction of sp³-hybridized carbons (Fsp3) is 0.158. The number of carbonyl (C=O) groups is 3. The molecule has 0 spiro atoms. The van der Waals surface area contributed by atoms with Crippen molar-refractivity contribution < 1.29 is 24.2 Å². The van der Waals surface area contributed by atoms with E-state index in [1.807, 2.05) is 30.3 Å². The number of rotatable bonds is 6. The van der Waals surface area contributed by atoms with E-state index in [1.54, 1.807) is 18.5 Å². The van der Waals surface area contributed by atoms with Crippen molar-refractivity contribution in [2.24, 2.45) is 0 Å². The molecule has 0 unspecified atom stereocenters. The van der Waals surface area contributed by atoms with Gasteiger partial charge in [-0.2, -0.15) is 0 Å². The lowest BCUT2D eigenvalue weighted by Crippen LogP contribution is -2.30. The Morgan fingerprint density at radius 1 is 1.19 bits per heavy atom. The lowest BCUT2D eigenvalue weighted by Gasteiger charge is -2.08. The first kappa shape index (κ1) is 17.3. The van der Waals surface area contributed by atoms with E-state index < -0.39 is 18.0 Å². The lowest BCUT2D eigenvalue weighted by molar-refractivity contribution is -0.137. The van der Waals surface area contributed by atoms with Crippen LogP contribution in [0.3, 0.4) is 0 Å². The lowest BCUT2D eigenvalue weighted by atomic mass is 10.0. The van der Waals surface area contributed by atoms with Crippen molar-refractivity contribution in [1.82, 2.24) is 9.88 Å². The van der Waals surface area contributed by atoms with Crippen LogP contribution in [0.25, 0.3) is 17.2 Å². The van der Waals surface area contributed by atoms with Crippen LogP contribution < -0.4 is 0 Å². The van der Waals surface area contributed by atoms with Crippen LogP contribution in [0.2, 0.25) is 0 Å². The molecule has 1 aliphatic rings. The van der Waals surface area contributed by atoms with Crippen LogP contribution in [0.5, 0.6) is 0 Å². The molecule has 1 aromatic carbocycles. The van der Waals surface area contributed by atoms with Gasteiger partial charge in [-0.25, -0.2) is 9.69 Å². The minimum absolute atomic E-state index is 0.0109. The zero-order chi connectivity index (χ0) is 18.5. The zero-order valence-electron chi connectivity index (χ0n) is 13.8. The number of cyclic esters (lactones) is 1. The van der Waals surface area contributed by atoms with Gasteiger partial charge in [0.15, 0.2) is 5.76 Å². The summed E-state index contributed by atoms with van der Waals surface area (Å²) in [6.07, 6.45) is 4.19. The number of imide groups is 1. The number of ether oxygens (including phenoxy) is 1. The summed E-state index contributed by atoms with van der Waals surface area (Å²) in [4.78, 5) is 39.7. The maximum absolute atomic E-state index is 12.3. The normalized spacial score (nSPS) is 15.4. The average molecular weight is 352 g/mol. The van der Waals surface area contributed by atoms with Gasteiger partial charge in [-0.1, -0.05) is 24.3 Å². The predicted octanol–water partition coefficient (Wildman–Crippen LogP) is 2.93. The van der Waals surface area contributed by atoms with Gasteiger partial charge in [0.2, 0.25) is 0 Å². The molecule has 1 N–H and O–H groups in total. The Kier molecular flexibility index (Phi) is 5.07. The number of carbonyl (C=O) groups excluding carboxylic acids is 2. The molecule has 132 valence electrons. The third kappa shape index (κ3) is 3.94. The van der Waals surface area contributed by atoms with Crippen LogP contribution >= 0.6 is 0 Å². The number of carboxylic acids is 1. The Bertz CT molecular complexity index is 877. The molecule has 0 atom stereocenters. The third-order valence-corrected chi connectivity index (χ3v) is 3.83. The average Bonchev–Trinajstić information content (AvgIpc) is 2.90. The molecule has 2 amide bonds. The first-order valence-electron chi connectivity index (χ1n) is 8.02. The number of hydrogen-bond donors (Lipinski definition) is 1. The second-order valence-corrected chi connectivity index (χ2v) is 5.70. The molecule has 1 saturated heterocycles. The molecular formula is C19H16N2O5. The number of amides is 2. The van der Waals surface area contributed by atoms with Gasteiger partial charge in [0.1, 0.15) is 0 Å². The predicted molar refractivity (Wildman–Crippen MR) is 92.7 cm³/mol. The van der Waals surface area contributed by atoms with Gasteiger partial charge in [0.25, 0.3) is 5.91 Å². The summed E-state index contributed by atoms with van der Waals surface area (Å²) in [5, 5.41) is 8.65. The summed E-state index contributed by atoms with van der Waals surface area (Å²) in [6, 6.07) is 11.2. The first-order valence-corrected chi connectivity index (χ1v) is 8.02. The molecule has 3 rings (SSSR count). The smallest absolute Gasteiger partial charge is 0.422 e. The molecule has 1 fully saturated rings. The summed E-state index contributed by atoms with van der Waals surface area (Å²) in [6.45, 7) is 0.0109. The molecule has 1 aliphatic heterocycles. The second-order valence-electron chi connectivity index (χ2n) is 5.70. The first-order chi connectivity index (χ1) is 12.5. The minimum atomic E-state index is -0.979. The molecule has 7 nitrogen and oxygen atoms in total. The molecule has 0 saturated carbocycles. The minimum Gasteiger partial charge on any atom is -0.481 e. The van der Waals surface area contributed by atoms with Gasteiger partial charge in [0, 0.05) is 30.9 Å². The topological polar surface area (TPSA) is 96.8 Å². The zero-order valence-corrected chi connectivity index (χ0v) is 13.8. The van der Waals surface area contributed by atoms with Gasteiger partial charge in [-0.3, -0.25) is 14.6 Å². The van der Waals surface area contributed by atoms with E-state index in [-0.39, 0.29) is 25.1 Å². The third-order valence-electron chi connectivity index (χ3n) is 3.83. The monoisotopic (exact) mass is 352 g/mol. The summed E-state index contributed by atoms with van der Waals surface area (Å²) in [7, 11) is 0. The second kappa shape index (κ2) is 7.60. The van der Waals surface area contributed by atoms with Gasteiger partial charge in [0.05, 0.1) is 0 Å². The summed E-state index contributed by atoms with van der Waals surface area (Å²) < 4.78 is 5.03. The van der Waals surface area contributed by atoms with Crippen LogP contribution in [-0.2, 0) is 14.3 Å². The molecule has 2 aromatic rings. The fourth-order valence-electron chi connectivity index (χ4n) is 2.57. The largest absolute Gasteiger partial charge is 0.481 e. The number of hydrogen-bond acceptors (Lipinski definition) is 5. The van der Waals surface area contributed by atoms with E-state index in [0.29, 0.717) is 5.56 Å². The van der Waals surface area contributed by atoms with Crippen LogP contribution in [0, 0.1) is 0 Å². The standard InChI is InChI=1S/C19H16N2O5/c22-17(23)7-3-9-21-18(24)16(26-19(21)25)11-13-4-1-5-14(10-13)15-6-2-8-20-12-15/h1-2,4-6,8,10-12H,3,7,9H2,(H,22,23)/b16-11-. The maximum atomic E-state index is 12.3. The quantitative estimate of drug-likeness (QED) is 0.803. The molecule has 2 heterocycles. The van der Waals surface area contributed by atoms with E-state index in [0.717, 1.165) is 16.0 Å². The highest BCUT2D eigenvalue weighted by Crippen LogP contribution is 2.23. The van der Waals surface area contributed by atoms with Gasteiger partial charge >= 0.3 is 12.1 Å². The molecule has 0 radical (unpaired) electrons. The van der Waals surface area contributed by atoms with Crippen molar-refractivity contribution in [1.29, 1.82) is 0 Å². The Morgan fingerprint density at radius 2 is 2.00 bits per heavy atom. The van der Waals surface area contributed by atoms with Crippen LogP contribution in [0.1, 0.15) is 18.4 Å². The molecule has 26 heavy (non-hydrogen) atoms. The van der Waals surface area contributed by atoms with Crippen molar-refractivity contribution in [3.8, 4) is 11.1 Å². The summed E-state index contributed by atoms with van der Waals surface area (Å²) in [5.74, 6) is -1.62. The van der Waals surface area contributed by atoms with Crippen molar-refractivity contribution >= 4 is 24.0 Å². The van der Waals surface area contributed by atoms with E-state index in [9.17, 15) is 14.4 Å². The number of benzene rings is 1. The van der Waals surface area contributed by atoms with Gasteiger partial charge in [-0.05, 0) is 35.8 Å². The Balaban J connectivity index is 1.77. The van der Waals surface area contributed by atoms with Crippen molar-refractivity contribution in [2.75, 3.05) is 6.54 Å². The Morgan fingerprint density at radius 3 is 2.73 bits per heavy atom. The molecule has 0 bridgehead atoms. The van der Waals surface area contributed by atoms with Crippen molar-refractivity contribution in [3.63, 3.8) is 0 Å². The number of nitrogens with zero attached hydrogens (tertiary/aromatic N) is 2. The molecule has 0 aliphatic carbocycles. The maximum Gasteiger partial charge on any atom is 0.422 e. The highest BCUT2D eigenvalue weighted by atomic mass is 16.6. The number of carboxylic acid groups (broad SMARTS) is 1. The Labute approximate surface area is 149 Å². The van der Waals surface area contributed by atoms with Gasteiger partial charge < -0.3 is 9.84 Å².